The normalized spacial score (nSPS) is 31.6. The van der Waals surface area contributed by atoms with Crippen molar-refractivity contribution in [3.63, 3.8) is 0 Å². The third kappa shape index (κ3) is 1.30. The molecule has 1 aliphatic rings. The first kappa shape index (κ1) is 7.56. The Morgan fingerprint density at radius 3 is 3.00 bits per heavy atom. The Morgan fingerprint density at radius 1 is 2.00 bits per heavy atom. The molecule has 0 saturated carbocycles. The fourth-order valence-electron chi connectivity index (χ4n) is 0.739. The van der Waals surface area contributed by atoms with Crippen LogP contribution in [-0.2, 0) is 9.44 Å². The Labute approximate surface area is 59.2 Å². The van der Waals surface area contributed by atoms with E-state index in [1.165, 1.54) is 0 Å². The predicted molar refractivity (Wildman–Crippen MR) is 35.3 cm³/mol. The molecule has 4 nitrogen and oxygen atoms in total. The molecule has 1 heterocycles. The zero-order valence-electron chi connectivity index (χ0n) is 5.70. The number of nitrogens with zero attached hydrogens (tertiary/aromatic N) is 1. The summed E-state index contributed by atoms with van der Waals surface area (Å²) in [5.74, 6) is 0. The van der Waals surface area contributed by atoms with Crippen molar-refractivity contribution in [2.24, 2.45) is 4.99 Å². The second-order valence-electron chi connectivity index (χ2n) is 2.34. The molecular weight excluding hydrogens is 133 g/mol. The zero-order chi connectivity index (χ0) is 7.61. The fraction of sp³-hybridized carbons (Fsp3) is 0.800. The van der Waals surface area contributed by atoms with E-state index in [-0.39, 0.29) is 13.2 Å². The second-order valence-corrected chi connectivity index (χ2v) is 2.34. The third-order valence-corrected chi connectivity index (χ3v) is 1.34. The van der Waals surface area contributed by atoms with Crippen LogP contribution in [0.15, 0.2) is 4.99 Å². The summed E-state index contributed by atoms with van der Waals surface area (Å²) in [5, 5.41) is 8.69. The van der Waals surface area contributed by atoms with Gasteiger partial charge in [0.15, 0.2) is 0 Å². The van der Waals surface area contributed by atoms with Crippen molar-refractivity contribution in [3.05, 3.63) is 0 Å². The fourth-order valence-corrected chi connectivity index (χ4v) is 0.739. The topological polar surface area (TPSA) is 58.9 Å². The maximum absolute atomic E-state index is 10.1. The molecule has 0 fully saturated rings. The van der Waals surface area contributed by atoms with Gasteiger partial charge >= 0.3 is 58.2 Å². The average Bonchev–Trinajstić information content (AvgIpc) is 2.33. The molecule has 0 saturated heterocycles. The van der Waals surface area contributed by atoms with E-state index in [9.17, 15) is 4.70 Å². The van der Waals surface area contributed by atoms with E-state index in [0.29, 0.717) is 12.8 Å². The number of hydrogen-bond donors (Lipinski definition) is 1. The van der Waals surface area contributed by atoms with E-state index in [0.717, 1.165) is 0 Å². The molecule has 1 N–H and O–H groups in total. The number of aliphatic hydroxyl groups is 1. The molecule has 10 heavy (non-hydrogen) atoms. The summed E-state index contributed by atoms with van der Waals surface area (Å²) in [6.07, 6.45) is 0. The standard InChI is InChI=1S/C5H8BNO3/c1-5(3-8)7-4(6-9)2-10-5/h8H,2-3H2,1H3. The number of hydrogen-bond acceptors (Lipinski definition) is 4. The summed E-state index contributed by atoms with van der Waals surface area (Å²) in [5.41, 5.74) is -0.521. The van der Waals surface area contributed by atoms with Gasteiger partial charge < -0.3 is 0 Å². The van der Waals surface area contributed by atoms with Crippen LogP contribution in [0.2, 0.25) is 0 Å². The van der Waals surface area contributed by atoms with Crippen LogP contribution < -0.4 is 0 Å². The zero-order valence-corrected chi connectivity index (χ0v) is 5.70. The number of rotatable bonds is 2. The number of ether oxygens (including phenoxy) is 1. The first-order chi connectivity index (χ1) is 4.70. The van der Waals surface area contributed by atoms with E-state index in [4.69, 9.17) is 9.84 Å². The van der Waals surface area contributed by atoms with Gasteiger partial charge in [0.05, 0.1) is 0 Å². The molecule has 0 aromatic rings. The van der Waals surface area contributed by atoms with Crippen LogP contribution in [-0.4, -0.2) is 36.8 Å². The van der Waals surface area contributed by atoms with Gasteiger partial charge in [-0.2, -0.15) is 0 Å². The molecule has 1 unspecified atom stereocenters. The van der Waals surface area contributed by atoms with Gasteiger partial charge in [0, 0.05) is 0 Å². The van der Waals surface area contributed by atoms with E-state index >= 15 is 0 Å². The second kappa shape index (κ2) is 2.60. The van der Waals surface area contributed by atoms with E-state index in [1.54, 1.807) is 6.92 Å². The van der Waals surface area contributed by atoms with Crippen molar-refractivity contribution in [3.8, 4) is 0 Å². The van der Waals surface area contributed by atoms with Gasteiger partial charge in [-0.05, 0) is 0 Å². The molecule has 5 heteroatoms. The molecule has 0 spiro atoms. The monoisotopic (exact) mass is 141 g/mol. The van der Waals surface area contributed by atoms with Crippen molar-refractivity contribution < 1.29 is 14.5 Å². The van der Waals surface area contributed by atoms with Crippen LogP contribution in [0, 0.1) is 0 Å². The molecule has 0 aromatic heterocycles. The summed E-state index contributed by atoms with van der Waals surface area (Å²) in [7, 11) is 0.640. The summed E-state index contributed by atoms with van der Waals surface area (Å²) in [4.78, 5) is 3.83. The van der Waals surface area contributed by atoms with E-state index in [2.05, 4.69) is 4.99 Å². The Hall–Kier alpha value is -0.545. The van der Waals surface area contributed by atoms with Gasteiger partial charge in [-0.3, -0.25) is 0 Å². The van der Waals surface area contributed by atoms with Crippen molar-refractivity contribution in [2.45, 2.75) is 12.6 Å². The molecule has 0 aliphatic carbocycles. The number of aliphatic imine (C=N–C) groups is 1. The molecule has 0 aromatic carbocycles. The summed E-state index contributed by atoms with van der Waals surface area (Å²) in [6.45, 7) is 1.65. The molecule has 0 radical (unpaired) electrons. The predicted octanol–water partition coefficient (Wildman–Crippen LogP) is -0.827. The molecule has 1 atom stereocenters. The SMILES string of the molecule is CC1(CO)N=C(B=O)CO1. The van der Waals surface area contributed by atoms with Gasteiger partial charge in [0.2, 0.25) is 0 Å². The number of aliphatic hydroxyl groups excluding tert-OH is 1. The first-order valence-corrected chi connectivity index (χ1v) is 2.99. The van der Waals surface area contributed by atoms with Crippen LogP contribution >= 0.6 is 0 Å². The Bertz CT molecular complexity index is 182. The van der Waals surface area contributed by atoms with Crippen molar-refractivity contribution in [1.82, 2.24) is 0 Å². The Balaban J connectivity index is 2.70. The van der Waals surface area contributed by atoms with Gasteiger partial charge in [-0.15, -0.1) is 0 Å². The Kier molecular flexibility index (Phi) is 1.96. The quantitative estimate of drug-likeness (QED) is 0.510. The molecule has 54 valence electrons. The van der Waals surface area contributed by atoms with E-state index < -0.39 is 5.72 Å². The molecule has 0 bridgehead atoms. The minimum absolute atomic E-state index is 0.190. The van der Waals surface area contributed by atoms with Crippen LogP contribution in [0.25, 0.3) is 0 Å². The molecule has 1 aliphatic heterocycles. The van der Waals surface area contributed by atoms with Crippen LogP contribution in [0.5, 0.6) is 0 Å². The Morgan fingerprint density at radius 2 is 2.70 bits per heavy atom. The van der Waals surface area contributed by atoms with Crippen LogP contribution in [0.1, 0.15) is 6.92 Å². The molecule has 1 rings (SSSR count). The van der Waals surface area contributed by atoms with Gasteiger partial charge in [0.1, 0.15) is 0 Å². The minimum atomic E-state index is -0.879. The first-order valence-electron chi connectivity index (χ1n) is 2.99. The van der Waals surface area contributed by atoms with Crippen LogP contribution in [0.4, 0.5) is 0 Å². The third-order valence-electron chi connectivity index (χ3n) is 1.34. The maximum atomic E-state index is 10.1. The average molecular weight is 141 g/mol. The van der Waals surface area contributed by atoms with Crippen molar-refractivity contribution >= 4 is 12.8 Å². The van der Waals surface area contributed by atoms with Gasteiger partial charge in [-0.25, -0.2) is 0 Å². The summed E-state index contributed by atoms with van der Waals surface area (Å²) in [6, 6.07) is 0. The summed E-state index contributed by atoms with van der Waals surface area (Å²) >= 11 is 0. The van der Waals surface area contributed by atoms with Crippen LogP contribution in [0.3, 0.4) is 0 Å². The molecular formula is C5H8BNO3. The van der Waals surface area contributed by atoms with Gasteiger partial charge in [-0.1, -0.05) is 0 Å². The summed E-state index contributed by atoms with van der Waals surface area (Å²) < 4.78 is 15.1. The van der Waals surface area contributed by atoms with Gasteiger partial charge in [0.25, 0.3) is 0 Å². The molecule has 0 amide bonds. The van der Waals surface area contributed by atoms with E-state index in [1.807, 2.05) is 0 Å². The van der Waals surface area contributed by atoms with Crippen molar-refractivity contribution in [2.75, 3.05) is 13.2 Å². The van der Waals surface area contributed by atoms with Crippen molar-refractivity contribution in [1.29, 1.82) is 0 Å².